The molecule has 112 valence electrons. The SMILES string of the molecule is CC(C)(C)C(=O)OC/C=C\CSc1nc2ccccc2[nH]1. The number of H-pyrrole nitrogens is 1. The van der Waals surface area contributed by atoms with E-state index >= 15 is 0 Å². The number of carbonyl (C=O) groups is 1. The van der Waals surface area contributed by atoms with Crippen LogP contribution in [0.4, 0.5) is 0 Å². The quantitative estimate of drug-likeness (QED) is 0.518. The first-order valence-corrected chi connectivity index (χ1v) is 7.85. The minimum absolute atomic E-state index is 0.183. The molecule has 0 bridgehead atoms. The first kappa shape index (κ1) is 15.6. The molecule has 1 aromatic carbocycles. The molecule has 0 atom stereocenters. The Hall–Kier alpha value is -1.75. The number of para-hydroxylation sites is 2. The number of aromatic nitrogens is 2. The molecule has 4 nitrogen and oxygen atoms in total. The number of nitrogens with zero attached hydrogens (tertiary/aromatic N) is 1. The van der Waals surface area contributed by atoms with Gasteiger partial charge in [-0.25, -0.2) is 4.98 Å². The van der Waals surface area contributed by atoms with Gasteiger partial charge in [0.2, 0.25) is 0 Å². The summed E-state index contributed by atoms with van der Waals surface area (Å²) in [6.07, 6.45) is 3.84. The van der Waals surface area contributed by atoms with Gasteiger partial charge in [-0.15, -0.1) is 0 Å². The number of hydrogen-bond acceptors (Lipinski definition) is 4. The zero-order valence-electron chi connectivity index (χ0n) is 12.6. The van der Waals surface area contributed by atoms with Gasteiger partial charge in [0.15, 0.2) is 5.16 Å². The van der Waals surface area contributed by atoms with Gasteiger partial charge in [0.25, 0.3) is 0 Å². The van der Waals surface area contributed by atoms with Gasteiger partial charge in [-0.3, -0.25) is 4.79 Å². The number of hydrogen-bond donors (Lipinski definition) is 1. The van der Waals surface area contributed by atoms with Crippen molar-refractivity contribution in [1.82, 2.24) is 9.97 Å². The maximum absolute atomic E-state index is 11.5. The molecule has 1 N–H and O–H groups in total. The highest BCUT2D eigenvalue weighted by Crippen LogP contribution is 2.19. The predicted molar refractivity (Wildman–Crippen MR) is 86.4 cm³/mol. The first-order valence-electron chi connectivity index (χ1n) is 6.86. The fraction of sp³-hybridized carbons (Fsp3) is 0.375. The largest absolute Gasteiger partial charge is 0.461 e. The molecule has 5 heteroatoms. The van der Waals surface area contributed by atoms with Gasteiger partial charge in [-0.2, -0.15) is 0 Å². The van der Waals surface area contributed by atoms with E-state index < -0.39 is 5.41 Å². The molecular weight excluding hydrogens is 284 g/mol. The summed E-state index contributed by atoms with van der Waals surface area (Å²) in [5.41, 5.74) is 1.57. The van der Waals surface area contributed by atoms with Crippen LogP contribution in [-0.2, 0) is 9.53 Å². The lowest BCUT2D eigenvalue weighted by Gasteiger charge is -2.15. The van der Waals surface area contributed by atoms with E-state index in [0.29, 0.717) is 6.61 Å². The average Bonchev–Trinajstić information content (AvgIpc) is 2.83. The summed E-state index contributed by atoms with van der Waals surface area (Å²) in [4.78, 5) is 19.3. The molecule has 0 aliphatic carbocycles. The molecule has 0 spiro atoms. The molecule has 0 aliphatic heterocycles. The van der Waals surface area contributed by atoms with Crippen LogP contribution < -0.4 is 0 Å². The molecule has 1 aromatic heterocycles. The smallest absolute Gasteiger partial charge is 0.311 e. The fourth-order valence-corrected chi connectivity index (χ4v) is 2.34. The van der Waals surface area contributed by atoms with Crippen LogP contribution in [0.15, 0.2) is 41.6 Å². The fourth-order valence-electron chi connectivity index (χ4n) is 1.60. The van der Waals surface area contributed by atoms with Crippen molar-refractivity contribution in [3.05, 3.63) is 36.4 Å². The van der Waals surface area contributed by atoms with Gasteiger partial charge in [-0.1, -0.05) is 36.0 Å². The summed E-state index contributed by atoms with van der Waals surface area (Å²) in [6.45, 7) is 5.85. The summed E-state index contributed by atoms with van der Waals surface area (Å²) in [5, 5.41) is 0.896. The number of imidazole rings is 1. The van der Waals surface area contributed by atoms with Crippen LogP contribution in [0.5, 0.6) is 0 Å². The van der Waals surface area contributed by atoms with Crippen molar-refractivity contribution in [3.8, 4) is 0 Å². The summed E-state index contributed by atoms with van der Waals surface area (Å²) in [5.74, 6) is 0.601. The van der Waals surface area contributed by atoms with Crippen molar-refractivity contribution in [1.29, 1.82) is 0 Å². The second-order valence-corrected chi connectivity index (χ2v) is 6.70. The van der Waals surface area contributed by atoms with Crippen molar-refractivity contribution in [2.75, 3.05) is 12.4 Å². The zero-order chi connectivity index (χ0) is 15.3. The minimum atomic E-state index is -0.448. The summed E-state index contributed by atoms with van der Waals surface area (Å²) >= 11 is 1.62. The third-order valence-electron chi connectivity index (χ3n) is 2.77. The molecule has 0 saturated heterocycles. The lowest BCUT2D eigenvalue weighted by molar-refractivity contribution is -0.151. The van der Waals surface area contributed by atoms with E-state index in [1.807, 2.05) is 57.2 Å². The third-order valence-corrected chi connectivity index (χ3v) is 3.60. The van der Waals surface area contributed by atoms with Gasteiger partial charge >= 0.3 is 5.97 Å². The Labute approximate surface area is 129 Å². The Morgan fingerprint density at radius 2 is 2.10 bits per heavy atom. The Kier molecular flexibility index (Phi) is 5.07. The number of esters is 1. The Morgan fingerprint density at radius 3 is 2.81 bits per heavy atom. The molecule has 0 amide bonds. The predicted octanol–water partition coefficient (Wildman–Crippen LogP) is 3.80. The van der Waals surface area contributed by atoms with Crippen LogP contribution in [0.3, 0.4) is 0 Å². The molecule has 0 fully saturated rings. The van der Waals surface area contributed by atoms with Crippen molar-refractivity contribution in [2.24, 2.45) is 5.41 Å². The molecule has 0 saturated carbocycles. The summed E-state index contributed by atoms with van der Waals surface area (Å²) in [6, 6.07) is 7.95. The third kappa shape index (κ3) is 4.63. The topological polar surface area (TPSA) is 55.0 Å². The maximum atomic E-state index is 11.5. The monoisotopic (exact) mass is 304 g/mol. The second-order valence-electron chi connectivity index (χ2n) is 5.69. The molecule has 21 heavy (non-hydrogen) atoms. The standard InChI is InChI=1S/C16H20N2O2S/c1-16(2,3)14(19)20-10-6-7-11-21-15-17-12-8-4-5-9-13(12)18-15/h4-9H,10-11H2,1-3H3,(H,17,18)/b7-6-. The highest BCUT2D eigenvalue weighted by molar-refractivity contribution is 7.99. The number of ether oxygens (including phenoxy) is 1. The molecule has 1 heterocycles. The van der Waals surface area contributed by atoms with E-state index in [2.05, 4.69) is 9.97 Å². The molecule has 0 aliphatic rings. The number of nitrogens with one attached hydrogen (secondary N) is 1. The van der Waals surface area contributed by atoms with E-state index in [0.717, 1.165) is 21.9 Å². The number of benzene rings is 1. The van der Waals surface area contributed by atoms with Crippen LogP contribution >= 0.6 is 11.8 Å². The Bertz CT molecular complexity index is 608. The van der Waals surface area contributed by atoms with Crippen molar-refractivity contribution in [2.45, 2.75) is 25.9 Å². The van der Waals surface area contributed by atoms with Crippen LogP contribution in [0.2, 0.25) is 0 Å². The number of aromatic amines is 1. The number of rotatable bonds is 5. The Morgan fingerprint density at radius 1 is 1.33 bits per heavy atom. The van der Waals surface area contributed by atoms with Gasteiger partial charge in [-0.05, 0) is 32.9 Å². The van der Waals surface area contributed by atoms with Gasteiger partial charge < -0.3 is 9.72 Å². The molecule has 0 unspecified atom stereocenters. The van der Waals surface area contributed by atoms with Crippen molar-refractivity contribution in [3.63, 3.8) is 0 Å². The lowest BCUT2D eigenvalue weighted by atomic mass is 9.97. The van der Waals surface area contributed by atoms with E-state index in [4.69, 9.17) is 4.74 Å². The maximum Gasteiger partial charge on any atom is 0.311 e. The average molecular weight is 304 g/mol. The van der Waals surface area contributed by atoms with Crippen LogP contribution in [-0.4, -0.2) is 28.3 Å². The molecule has 2 aromatic rings. The highest BCUT2D eigenvalue weighted by atomic mass is 32.2. The summed E-state index contributed by atoms with van der Waals surface area (Å²) < 4.78 is 5.15. The van der Waals surface area contributed by atoms with Crippen LogP contribution in [0, 0.1) is 5.41 Å². The van der Waals surface area contributed by atoms with E-state index in [-0.39, 0.29) is 5.97 Å². The number of carbonyl (C=O) groups excluding carboxylic acids is 1. The van der Waals surface area contributed by atoms with Crippen molar-refractivity contribution < 1.29 is 9.53 Å². The zero-order valence-corrected chi connectivity index (χ0v) is 13.4. The van der Waals surface area contributed by atoms with Crippen molar-refractivity contribution >= 4 is 28.8 Å². The molecule has 2 rings (SSSR count). The van der Waals surface area contributed by atoms with Gasteiger partial charge in [0, 0.05) is 5.75 Å². The van der Waals surface area contributed by atoms with Crippen LogP contribution in [0.1, 0.15) is 20.8 Å². The van der Waals surface area contributed by atoms with E-state index in [1.54, 1.807) is 11.8 Å². The minimum Gasteiger partial charge on any atom is -0.461 e. The first-order chi connectivity index (χ1) is 9.97. The second kappa shape index (κ2) is 6.80. The number of thioether (sulfide) groups is 1. The van der Waals surface area contributed by atoms with E-state index in [9.17, 15) is 4.79 Å². The molecule has 0 radical (unpaired) electrons. The Balaban J connectivity index is 1.74. The number of fused-ring (bicyclic) bond motifs is 1. The normalized spacial score (nSPS) is 12.1. The highest BCUT2D eigenvalue weighted by Gasteiger charge is 2.22. The molecular formula is C16H20N2O2S. The lowest BCUT2D eigenvalue weighted by Crippen LogP contribution is -2.22. The summed E-state index contributed by atoms with van der Waals surface area (Å²) in [7, 11) is 0. The van der Waals surface area contributed by atoms with Gasteiger partial charge in [0.1, 0.15) is 6.61 Å². The van der Waals surface area contributed by atoms with Gasteiger partial charge in [0.05, 0.1) is 16.4 Å². The van der Waals surface area contributed by atoms with E-state index in [1.165, 1.54) is 0 Å². The van der Waals surface area contributed by atoms with Crippen LogP contribution in [0.25, 0.3) is 11.0 Å².